The third-order valence-electron chi connectivity index (χ3n) is 2.50. The lowest BCUT2D eigenvalue weighted by molar-refractivity contribution is 0.0520. The molecule has 0 aliphatic heterocycles. The van der Waals surface area contributed by atoms with E-state index in [0.717, 1.165) is 6.07 Å². The maximum atomic E-state index is 13.4. The van der Waals surface area contributed by atoms with E-state index in [0.29, 0.717) is 11.4 Å². The van der Waals surface area contributed by atoms with Crippen LogP contribution in [-0.4, -0.2) is 22.5 Å². The molecule has 2 aromatic rings. The van der Waals surface area contributed by atoms with Gasteiger partial charge in [-0.05, 0) is 18.6 Å². The number of ether oxygens (including phenoxy) is 1. The number of carbonyl (C=O) groups is 1. The molecule has 19 heavy (non-hydrogen) atoms. The van der Waals surface area contributed by atoms with Gasteiger partial charge in [0.2, 0.25) is 0 Å². The van der Waals surface area contributed by atoms with Crippen LogP contribution in [0.15, 0.2) is 24.4 Å². The Balaban J connectivity index is 2.13. The Morgan fingerprint density at radius 2 is 2.21 bits per heavy atom. The van der Waals surface area contributed by atoms with Crippen molar-refractivity contribution in [2.45, 2.75) is 13.3 Å². The van der Waals surface area contributed by atoms with Crippen molar-refractivity contribution in [2.24, 2.45) is 0 Å². The molecule has 0 aliphatic rings. The van der Waals surface area contributed by atoms with Gasteiger partial charge in [0.05, 0.1) is 12.8 Å². The molecule has 0 amide bonds. The smallest absolute Gasteiger partial charge is 0.356 e. The van der Waals surface area contributed by atoms with Crippen LogP contribution in [0.4, 0.5) is 8.78 Å². The average molecular weight is 266 g/mol. The summed E-state index contributed by atoms with van der Waals surface area (Å²) in [5, 5.41) is 0. The number of rotatable bonds is 4. The van der Waals surface area contributed by atoms with Crippen LogP contribution in [0.25, 0.3) is 0 Å². The first-order valence-corrected chi connectivity index (χ1v) is 5.75. The van der Waals surface area contributed by atoms with E-state index in [1.165, 1.54) is 18.3 Å². The predicted octanol–water partition coefficient (Wildman–Crippen LogP) is 2.46. The van der Waals surface area contributed by atoms with Crippen LogP contribution in [0.3, 0.4) is 0 Å². The average Bonchev–Trinajstić information content (AvgIpc) is 2.82. The number of hydrogen-bond acceptors (Lipinski definition) is 3. The highest BCUT2D eigenvalue weighted by molar-refractivity contribution is 5.86. The third-order valence-corrected chi connectivity index (χ3v) is 2.50. The second kappa shape index (κ2) is 5.60. The van der Waals surface area contributed by atoms with Crippen LogP contribution in [0.1, 0.15) is 28.8 Å². The van der Waals surface area contributed by atoms with Crippen LogP contribution < -0.4 is 0 Å². The minimum atomic E-state index is -0.644. The summed E-state index contributed by atoms with van der Waals surface area (Å²) in [5.74, 6) is -1.38. The molecule has 0 fully saturated rings. The van der Waals surface area contributed by atoms with E-state index < -0.39 is 17.6 Å². The lowest BCUT2D eigenvalue weighted by Gasteiger charge is -2.01. The van der Waals surface area contributed by atoms with E-state index in [-0.39, 0.29) is 18.7 Å². The summed E-state index contributed by atoms with van der Waals surface area (Å²) in [6.45, 7) is 1.96. The molecule has 0 spiro atoms. The maximum absolute atomic E-state index is 13.4. The molecule has 0 atom stereocenters. The van der Waals surface area contributed by atoms with E-state index in [1.807, 2.05) is 0 Å². The number of hydrogen-bond donors (Lipinski definition) is 1. The largest absolute Gasteiger partial charge is 0.461 e. The molecule has 0 saturated heterocycles. The number of carbonyl (C=O) groups excluding carboxylic acids is 1. The molecule has 1 aromatic heterocycles. The van der Waals surface area contributed by atoms with E-state index in [4.69, 9.17) is 4.74 Å². The second-order valence-electron chi connectivity index (χ2n) is 3.88. The summed E-state index contributed by atoms with van der Waals surface area (Å²) in [7, 11) is 0. The molecule has 0 saturated carbocycles. The van der Waals surface area contributed by atoms with E-state index >= 15 is 0 Å². The molecule has 1 aromatic carbocycles. The van der Waals surface area contributed by atoms with Crippen molar-refractivity contribution in [1.82, 2.24) is 9.97 Å². The molecule has 2 rings (SSSR count). The minimum absolute atomic E-state index is 0.144. The minimum Gasteiger partial charge on any atom is -0.461 e. The zero-order valence-corrected chi connectivity index (χ0v) is 10.2. The predicted molar refractivity (Wildman–Crippen MR) is 63.7 cm³/mol. The van der Waals surface area contributed by atoms with Crippen LogP contribution in [0, 0.1) is 11.6 Å². The van der Waals surface area contributed by atoms with Gasteiger partial charge in [0.1, 0.15) is 23.2 Å². The molecule has 0 radical (unpaired) electrons. The lowest BCUT2D eigenvalue weighted by atomic mass is 10.1. The molecule has 6 heteroatoms. The molecule has 0 bridgehead atoms. The fourth-order valence-electron chi connectivity index (χ4n) is 1.61. The maximum Gasteiger partial charge on any atom is 0.356 e. The zero-order chi connectivity index (χ0) is 13.8. The molecule has 0 aliphatic carbocycles. The normalized spacial score (nSPS) is 10.5. The van der Waals surface area contributed by atoms with Crippen molar-refractivity contribution in [3.05, 3.63) is 53.1 Å². The summed E-state index contributed by atoms with van der Waals surface area (Å²) >= 11 is 0. The Kier molecular flexibility index (Phi) is 3.89. The summed E-state index contributed by atoms with van der Waals surface area (Å²) in [6.07, 6.45) is 1.47. The van der Waals surface area contributed by atoms with Gasteiger partial charge in [0.15, 0.2) is 0 Å². The lowest BCUT2D eigenvalue weighted by Crippen LogP contribution is -2.05. The number of halogens is 2. The molecule has 1 N–H and O–H groups in total. The zero-order valence-electron chi connectivity index (χ0n) is 10.2. The molecule has 100 valence electrons. The van der Waals surface area contributed by atoms with Crippen molar-refractivity contribution >= 4 is 5.97 Å². The Hall–Kier alpha value is -2.24. The highest BCUT2D eigenvalue weighted by Crippen LogP contribution is 2.13. The fraction of sp³-hybridized carbons (Fsp3) is 0.231. The van der Waals surface area contributed by atoms with Crippen LogP contribution >= 0.6 is 0 Å². The Morgan fingerprint density at radius 1 is 1.42 bits per heavy atom. The van der Waals surface area contributed by atoms with Crippen LogP contribution in [0.2, 0.25) is 0 Å². The summed E-state index contributed by atoms with van der Waals surface area (Å²) < 4.78 is 31.0. The molecule has 1 heterocycles. The summed E-state index contributed by atoms with van der Waals surface area (Å²) in [4.78, 5) is 18.1. The molecular formula is C13H12F2N2O2. The Morgan fingerprint density at radius 3 is 2.89 bits per heavy atom. The van der Waals surface area contributed by atoms with Gasteiger partial charge in [-0.1, -0.05) is 6.07 Å². The number of benzene rings is 1. The van der Waals surface area contributed by atoms with Gasteiger partial charge in [0.25, 0.3) is 0 Å². The molecule has 0 unspecified atom stereocenters. The first-order chi connectivity index (χ1) is 9.10. The van der Waals surface area contributed by atoms with Crippen molar-refractivity contribution < 1.29 is 18.3 Å². The third kappa shape index (κ3) is 3.15. The fourth-order valence-corrected chi connectivity index (χ4v) is 1.61. The number of H-pyrrole nitrogens is 1. The van der Waals surface area contributed by atoms with Crippen LogP contribution in [0.5, 0.6) is 0 Å². The van der Waals surface area contributed by atoms with Gasteiger partial charge in [-0.25, -0.2) is 18.6 Å². The second-order valence-corrected chi connectivity index (χ2v) is 3.88. The number of imidazole rings is 1. The first-order valence-electron chi connectivity index (χ1n) is 5.75. The highest BCUT2D eigenvalue weighted by Gasteiger charge is 2.12. The number of nitrogens with zero attached hydrogens (tertiary/aromatic N) is 1. The number of esters is 1. The van der Waals surface area contributed by atoms with Gasteiger partial charge < -0.3 is 9.72 Å². The van der Waals surface area contributed by atoms with Crippen molar-refractivity contribution in [3.8, 4) is 0 Å². The molecule has 4 nitrogen and oxygen atoms in total. The molecular weight excluding hydrogens is 254 g/mol. The number of aromatic nitrogens is 2. The number of nitrogens with one attached hydrogen (secondary N) is 1. The number of aromatic amines is 1. The van der Waals surface area contributed by atoms with E-state index in [1.54, 1.807) is 6.92 Å². The SMILES string of the molecule is CCOC(=O)c1cnc(Cc2ccc(F)cc2F)[nH]1. The van der Waals surface area contributed by atoms with Gasteiger partial charge in [-0.2, -0.15) is 0 Å². The highest BCUT2D eigenvalue weighted by atomic mass is 19.1. The summed E-state index contributed by atoms with van der Waals surface area (Å²) in [6, 6.07) is 3.33. The first kappa shape index (κ1) is 13.2. The van der Waals surface area contributed by atoms with E-state index in [2.05, 4.69) is 9.97 Å². The monoisotopic (exact) mass is 266 g/mol. The standard InChI is InChI=1S/C13H12F2N2O2/c1-2-19-13(18)11-7-16-12(17-11)5-8-3-4-9(14)6-10(8)15/h3-4,6-7H,2,5H2,1H3,(H,16,17). The summed E-state index contributed by atoms with van der Waals surface area (Å²) in [5.41, 5.74) is 0.505. The van der Waals surface area contributed by atoms with Gasteiger partial charge >= 0.3 is 5.97 Å². The van der Waals surface area contributed by atoms with Gasteiger partial charge in [-0.3, -0.25) is 0 Å². The van der Waals surface area contributed by atoms with Gasteiger partial charge in [0, 0.05) is 12.5 Å². The van der Waals surface area contributed by atoms with Crippen molar-refractivity contribution in [1.29, 1.82) is 0 Å². The Labute approximate surface area is 108 Å². The quantitative estimate of drug-likeness (QED) is 0.865. The Bertz CT molecular complexity index is 596. The van der Waals surface area contributed by atoms with Crippen LogP contribution in [-0.2, 0) is 11.2 Å². The van der Waals surface area contributed by atoms with Crippen molar-refractivity contribution in [3.63, 3.8) is 0 Å². The van der Waals surface area contributed by atoms with E-state index in [9.17, 15) is 13.6 Å². The van der Waals surface area contributed by atoms with Gasteiger partial charge in [-0.15, -0.1) is 0 Å². The topological polar surface area (TPSA) is 55.0 Å². The van der Waals surface area contributed by atoms with Crippen molar-refractivity contribution in [2.75, 3.05) is 6.61 Å².